The standard InChI is InChI=1S/C15H23FN4O/c1-17-15(19-8-3-9-21-11-12-5-6-12)20-10-14-13(16)4-2-7-18-14/h2,4,7,12H,3,5-6,8-11H2,1H3,(H2,17,19,20). The van der Waals surface area contributed by atoms with E-state index in [-0.39, 0.29) is 5.82 Å². The van der Waals surface area contributed by atoms with E-state index in [1.807, 2.05) is 0 Å². The molecule has 0 aromatic carbocycles. The van der Waals surface area contributed by atoms with Crippen LogP contribution in [0, 0.1) is 11.7 Å². The van der Waals surface area contributed by atoms with Crippen LogP contribution in [0.2, 0.25) is 0 Å². The molecule has 0 bridgehead atoms. The minimum Gasteiger partial charge on any atom is -0.381 e. The fourth-order valence-electron chi connectivity index (χ4n) is 1.85. The van der Waals surface area contributed by atoms with E-state index in [1.54, 1.807) is 19.3 Å². The molecule has 1 aromatic heterocycles. The van der Waals surface area contributed by atoms with Crippen LogP contribution in [0.3, 0.4) is 0 Å². The first-order chi connectivity index (χ1) is 10.3. The van der Waals surface area contributed by atoms with Gasteiger partial charge >= 0.3 is 0 Å². The molecule has 2 rings (SSSR count). The van der Waals surface area contributed by atoms with Gasteiger partial charge in [0.05, 0.1) is 12.2 Å². The highest BCUT2D eigenvalue weighted by Gasteiger charge is 2.20. The summed E-state index contributed by atoms with van der Waals surface area (Å²) >= 11 is 0. The van der Waals surface area contributed by atoms with Gasteiger partial charge in [-0.05, 0) is 37.3 Å². The van der Waals surface area contributed by atoms with Crippen molar-refractivity contribution in [2.24, 2.45) is 10.9 Å². The van der Waals surface area contributed by atoms with Gasteiger partial charge in [0.1, 0.15) is 5.82 Å². The van der Waals surface area contributed by atoms with E-state index < -0.39 is 0 Å². The topological polar surface area (TPSA) is 58.5 Å². The molecule has 1 aromatic rings. The Morgan fingerprint density at radius 3 is 3.05 bits per heavy atom. The molecule has 21 heavy (non-hydrogen) atoms. The first-order valence-electron chi connectivity index (χ1n) is 7.41. The maximum Gasteiger partial charge on any atom is 0.191 e. The summed E-state index contributed by atoms with van der Waals surface area (Å²) in [5.74, 6) is 1.14. The Labute approximate surface area is 125 Å². The van der Waals surface area contributed by atoms with Crippen molar-refractivity contribution in [2.75, 3.05) is 26.8 Å². The van der Waals surface area contributed by atoms with Gasteiger partial charge in [0.15, 0.2) is 5.96 Å². The Morgan fingerprint density at radius 2 is 2.33 bits per heavy atom. The fraction of sp³-hybridized carbons (Fsp3) is 0.600. The quantitative estimate of drug-likeness (QED) is 0.435. The largest absolute Gasteiger partial charge is 0.381 e. The molecule has 1 heterocycles. The first kappa shape index (κ1) is 15.7. The van der Waals surface area contributed by atoms with E-state index in [2.05, 4.69) is 20.6 Å². The number of hydrogen-bond acceptors (Lipinski definition) is 3. The number of halogens is 1. The Balaban J connectivity index is 1.58. The number of ether oxygens (including phenoxy) is 1. The zero-order valence-electron chi connectivity index (χ0n) is 12.4. The van der Waals surface area contributed by atoms with Gasteiger partial charge in [0.25, 0.3) is 0 Å². The predicted molar refractivity (Wildman–Crippen MR) is 80.6 cm³/mol. The lowest BCUT2D eigenvalue weighted by atomic mass is 10.3. The van der Waals surface area contributed by atoms with Crippen LogP contribution in [0.25, 0.3) is 0 Å². The number of aliphatic imine (C=N–C) groups is 1. The normalized spacial score (nSPS) is 15.0. The van der Waals surface area contributed by atoms with E-state index in [0.717, 1.165) is 32.1 Å². The molecule has 0 spiro atoms. The lowest BCUT2D eigenvalue weighted by Gasteiger charge is -2.12. The van der Waals surface area contributed by atoms with Gasteiger partial charge in [-0.1, -0.05) is 0 Å². The molecule has 1 fully saturated rings. The molecule has 0 amide bonds. The second-order valence-corrected chi connectivity index (χ2v) is 5.16. The molecule has 1 aliphatic rings. The molecular weight excluding hydrogens is 271 g/mol. The molecule has 0 aliphatic heterocycles. The summed E-state index contributed by atoms with van der Waals surface area (Å²) in [6, 6.07) is 2.98. The van der Waals surface area contributed by atoms with Crippen LogP contribution in [0.5, 0.6) is 0 Å². The van der Waals surface area contributed by atoms with Crippen LogP contribution < -0.4 is 10.6 Å². The van der Waals surface area contributed by atoms with Gasteiger partial charge in [-0.3, -0.25) is 9.98 Å². The van der Waals surface area contributed by atoms with Gasteiger partial charge in [0.2, 0.25) is 0 Å². The molecule has 5 nitrogen and oxygen atoms in total. The van der Waals surface area contributed by atoms with Crippen molar-refractivity contribution in [2.45, 2.75) is 25.8 Å². The molecular formula is C15H23FN4O. The summed E-state index contributed by atoms with van der Waals surface area (Å²) < 4.78 is 19.0. The van der Waals surface area contributed by atoms with Crippen molar-refractivity contribution >= 4 is 5.96 Å². The highest BCUT2D eigenvalue weighted by molar-refractivity contribution is 5.79. The smallest absolute Gasteiger partial charge is 0.191 e. The minimum atomic E-state index is -0.311. The zero-order chi connectivity index (χ0) is 14.9. The highest BCUT2D eigenvalue weighted by atomic mass is 19.1. The summed E-state index contributed by atoms with van der Waals surface area (Å²) in [6.07, 6.45) is 5.14. The van der Waals surface area contributed by atoms with E-state index in [4.69, 9.17) is 4.74 Å². The number of rotatable bonds is 8. The Kier molecular flexibility index (Phi) is 6.40. The van der Waals surface area contributed by atoms with E-state index in [0.29, 0.717) is 18.2 Å². The van der Waals surface area contributed by atoms with Crippen molar-refractivity contribution in [1.82, 2.24) is 15.6 Å². The zero-order valence-corrected chi connectivity index (χ0v) is 12.4. The van der Waals surface area contributed by atoms with Gasteiger partial charge in [-0.25, -0.2) is 4.39 Å². The number of hydrogen-bond donors (Lipinski definition) is 2. The molecule has 0 unspecified atom stereocenters. The average molecular weight is 294 g/mol. The molecule has 6 heteroatoms. The van der Waals surface area contributed by atoms with Gasteiger partial charge in [-0.2, -0.15) is 0 Å². The van der Waals surface area contributed by atoms with Gasteiger partial charge in [-0.15, -0.1) is 0 Å². The lowest BCUT2D eigenvalue weighted by molar-refractivity contribution is 0.123. The van der Waals surface area contributed by atoms with Crippen molar-refractivity contribution in [3.63, 3.8) is 0 Å². The monoisotopic (exact) mass is 294 g/mol. The summed E-state index contributed by atoms with van der Waals surface area (Å²) in [5, 5.41) is 6.21. The van der Waals surface area contributed by atoms with E-state index >= 15 is 0 Å². The molecule has 0 saturated heterocycles. The molecule has 1 aliphatic carbocycles. The number of aromatic nitrogens is 1. The maximum atomic E-state index is 13.4. The highest BCUT2D eigenvalue weighted by Crippen LogP contribution is 2.28. The van der Waals surface area contributed by atoms with Crippen LogP contribution in [-0.4, -0.2) is 37.7 Å². The summed E-state index contributed by atoms with van der Waals surface area (Å²) in [7, 11) is 1.69. The van der Waals surface area contributed by atoms with Crippen LogP contribution in [0.15, 0.2) is 23.3 Å². The first-order valence-corrected chi connectivity index (χ1v) is 7.41. The Bertz CT molecular complexity index is 463. The van der Waals surface area contributed by atoms with Crippen LogP contribution in [0.1, 0.15) is 25.0 Å². The Hall–Kier alpha value is -1.69. The number of nitrogens with zero attached hydrogens (tertiary/aromatic N) is 2. The molecule has 2 N–H and O–H groups in total. The fourth-order valence-corrected chi connectivity index (χ4v) is 1.85. The van der Waals surface area contributed by atoms with Crippen molar-refractivity contribution in [3.05, 3.63) is 29.8 Å². The van der Waals surface area contributed by atoms with Crippen LogP contribution in [0.4, 0.5) is 4.39 Å². The minimum absolute atomic E-state index is 0.310. The lowest BCUT2D eigenvalue weighted by Crippen LogP contribution is -2.38. The molecule has 0 atom stereocenters. The number of pyridine rings is 1. The molecule has 116 valence electrons. The third kappa shape index (κ3) is 6.08. The van der Waals surface area contributed by atoms with Gasteiger partial charge < -0.3 is 15.4 Å². The maximum absolute atomic E-state index is 13.4. The van der Waals surface area contributed by atoms with Crippen molar-refractivity contribution in [1.29, 1.82) is 0 Å². The molecule has 0 radical (unpaired) electrons. The number of nitrogens with one attached hydrogen (secondary N) is 2. The van der Waals surface area contributed by atoms with Crippen LogP contribution in [-0.2, 0) is 11.3 Å². The second kappa shape index (κ2) is 8.56. The number of guanidine groups is 1. The van der Waals surface area contributed by atoms with Crippen molar-refractivity contribution < 1.29 is 9.13 Å². The third-order valence-electron chi connectivity index (χ3n) is 3.29. The predicted octanol–water partition coefficient (Wildman–Crippen LogP) is 1.70. The molecule has 1 saturated carbocycles. The van der Waals surface area contributed by atoms with E-state index in [9.17, 15) is 4.39 Å². The summed E-state index contributed by atoms with van der Waals surface area (Å²) in [6.45, 7) is 2.74. The summed E-state index contributed by atoms with van der Waals surface area (Å²) in [4.78, 5) is 8.08. The van der Waals surface area contributed by atoms with Crippen LogP contribution >= 0.6 is 0 Å². The second-order valence-electron chi connectivity index (χ2n) is 5.16. The third-order valence-corrected chi connectivity index (χ3v) is 3.29. The summed E-state index contributed by atoms with van der Waals surface area (Å²) in [5.41, 5.74) is 0.383. The Morgan fingerprint density at radius 1 is 1.48 bits per heavy atom. The average Bonchev–Trinajstić information content (AvgIpc) is 3.31. The van der Waals surface area contributed by atoms with Crippen molar-refractivity contribution in [3.8, 4) is 0 Å². The SMILES string of the molecule is CN=C(NCCCOCC1CC1)NCc1ncccc1F. The van der Waals surface area contributed by atoms with Gasteiger partial charge in [0, 0.05) is 33.0 Å². The van der Waals surface area contributed by atoms with E-state index in [1.165, 1.54) is 18.9 Å².